The van der Waals surface area contributed by atoms with Gasteiger partial charge in [0.15, 0.2) is 9.84 Å². The summed E-state index contributed by atoms with van der Waals surface area (Å²) in [5.74, 6) is 0.812. The molecule has 0 aliphatic rings. The second kappa shape index (κ2) is 6.98. The minimum Gasteiger partial charge on any atom is -0.334 e. The van der Waals surface area contributed by atoms with Gasteiger partial charge < -0.3 is 4.57 Å². The Morgan fingerprint density at radius 1 is 1.16 bits per heavy atom. The van der Waals surface area contributed by atoms with Crippen LogP contribution in [0.4, 0.5) is 0 Å². The minimum atomic E-state index is -3.22. The molecule has 0 atom stereocenters. The van der Waals surface area contributed by atoms with Crippen molar-refractivity contribution in [2.24, 2.45) is 7.05 Å². The van der Waals surface area contributed by atoms with E-state index in [0.717, 1.165) is 27.0 Å². The summed E-state index contributed by atoms with van der Waals surface area (Å²) in [7, 11) is -1.29. The summed E-state index contributed by atoms with van der Waals surface area (Å²) in [6.07, 6.45) is 6.88. The summed E-state index contributed by atoms with van der Waals surface area (Å²) in [6, 6.07) is 14.9. The molecule has 3 rings (SSSR count). The molecule has 0 fully saturated rings. The van der Waals surface area contributed by atoms with Gasteiger partial charge in [-0.15, -0.1) is 0 Å². The van der Waals surface area contributed by atoms with Crippen molar-refractivity contribution >= 4 is 37.4 Å². The van der Waals surface area contributed by atoms with E-state index in [-0.39, 0.29) is 0 Å². The van der Waals surface area contributed by atoms with Crippen LogP contribution >= 0.6 is 15.9 Å². The van der Waals surface area contributed by atoms with E-state index in [1.807, 2.05) is 60.3 Å². The van der Waals surface area contributed by atoms with Crippen molar-refractivity contribution in [1.29, 1.82) is 0 Å². The molecule has 1 heterocycles. The van der Waals surface area contributed by atoms with Crippen molar-refractivity contribution in [3.63, 3.8) is 0 Å². The van der Waals surface area contributed by atoms with Crippen LogP contribution in [0.3, 0.4) is 0 Å². The van der Waals surface area contributed by atoms with E-state index >= 15 is 0 Å². The van der Waals surface area contributed by atoms with E-state index < -0.39 is 9.84 Å². The summed E-state index contributed by atoms with van der Waals surface area (Å²) in [5.41, 5.74) is 2.85. The molecule has 6 heteroatoms. The molecular weight excluding hydrogens is 400 g/mol. The Balaban J connectivity index is 2.14. The van der Waals surface area contributed by atoms with Crippen molar-refractivity contribution in [2.75, 3.05) is 6.26 Å². The fourth-order valence-electron chi connectivity index (χ4n) is 2.55. The number of aryl methyl sites for hydroxylation is 1. The third kappa shape index (κ3) is 4.08. The first-order valence-electron chi connectivity index (χ1n) is 7.60. The number of sulfone groups is 1. The second-order valence-electron chi connectivity index (χ2n) is 5.77. The van der Waals surface area contributed by atoms with Gasteiger partial charge in [0.05, 0.1) is 4.90 Å². The van der Waals surface area contributed by atoms with Crippen molar-refractivity contribution in [3.8, 4) is 0 Å². The van der Waals surface area contributed by atoms with Crippen LogP contribution in [0.5, 0.6) is 0 Å². The maximum Gasteiger partial charge on any atom is 0.175 e. The fourth-order valence-corrected chi connectivity index (χ4v) is 3.59. The summed E-state index contributed by atoms with van der Waals surface area (Å²) in [5, 5.41) is 0. The molecule has 3 aromatic rings. The normalized spacial score (nSPS) is 12.4. The predicted octanol–water partition coefficient (Wildman–Crippen LogP) is 4.18. The molecule has 2 aromatic carbocycles. The summed E-state index contributed by atoms with van der Waals surface area (Å²) < 4.78 is 26.3. The predicted molar refractivity (Wildman–Crippen MR) is 104 cm³/mol. The first-order chi connectivity index (χ1) is 11.8. The van der Waals surface area contributed by atoms with Gasteiger partial charge in [0.1, 0.15) is 5.82 Å². The molecule has 0 saturated heterocycles. The minimum absolute atomic E-state index is 0.304. The summed E-state index contributed by atoms with van der Waals surface area (Å²) >= 11 is 3.49. The summed E-state index contributed by atoms with van der Waals surface area (Å²) in [4.78, 5) is 4.75. The van der Waals surface area contributed by atoms with Crippen LogP contribution in [0.1, 0.15) is 17.0 Å². The monoisotopic (exact) mass is 416 g/mol. The number of rotatable bonds is 4. The number of hydrogen-bond acceptors (Lipinski definition) is 3. The van der Waals surface area contributed by atoms with Crippen LogP contribution in [0.15, 0.2) is 70.3 Å². The number of aromatic nitrogens is 2. The highest BCUT2D eigenvalue weighted by Crippen LogP contribution is 2.26. The molecule has 0 bridgehead atoms. The molecule has 0 N–H and O–H groups in total. The van der Waals surface area contributed by atoms with Crippen LogP contribution in [0, 0.1) is 0 Å². The maximum absolute atomic E-state index is 11.7. The third-order valence-electron chi connectivity index (χ3n) is 3.82. The van der Waals surface area contributed by atoms with Gasteiger partial charge in [0.2, 0.25) is 0 Å². The standard InChI is InChI=1S/C19H17BrN2O2S/c1-22-11-10-21-19(22)18(13-14-4-3-5-16(20)12-14)15-6-8-17(9-7-15)25(2,23)24/h3-13H,1-2H3/b18-13-. The van der Waals surface area contributed by atoms with E-state index in [2.05, 4.69) is 20.9 Å². The Bertz CT molecular complexity index is 1040. The topological polar surface area (TPSA) is 52.0 Å². The Morgan fingerprint density at radius 3 is 2.44 bits per heavy atom. The molecule has 0 aliphatic carbocycles. The first kappa shape index (κ1) is 17.6. The van der Waals surface area contributed by atoms with E-state index in [0.29, 0.717) is 4.90 Å². The molecule has 1 aromatic heterocycles. The number of imidazole rings is 1. The Labute approximate surface area is 155 Å². The highest BCUT2D eigenvalue weighted by Gasteiger charge is 2.12. The van der Waals surface area contributed by atoms with Gasteiger partial charge in [-0.05, 0) is 41.5 Å². The molecule has 0 amide bonds. The number of hydrogen-bond donors (Lipinski definition) is 0. The van der Waals surface area contributed by atoms with E-state index in [1.54, 1.807) is 18.3 Å². The smallest absolute Gasteiger partial charge is 0.175 e. The lowest BCUT2D eigenvalue weighted by atomic mass is 10.0. The molecule has 4 nitrogen and oxygen atoms in total. The average molecular weight is 417 g/mol. The van der Waals surface area contributed by atoms with E-state index in [4.69, 9.17) is 0 Å². The van der Waals surface area contributed by atoms with E-state index in [1.165, 1.54) is 6.26 Å². The lowest BCUT2D eigenvalue weighted by molar-refractivity contribution is 0.602. The summed E-state index contributed by atoms with van der Waals surface area (Å²) in [6.45, 7) is 0. The molecule has 0 radical (unpaired) electrons. The van der Waals surface area contributed by atoms with Crippen LogP contribution in [0.2, 0.25) is 0 Å². The zero-order chi connectivity index (χ0) is 18.0. The van der Waals surface area contributed by atoms with Crippen LogP contribution in [-0.2, 0) is 16.9 Å². The van der Waals surface area contributed by atoms with Crippen LogP contribution < -0.4 is 0 Å². The van der Waals surface area contributed by atoms with E-state index in [9.17, 15) is 8.42 Å². The van der Waals surface area contributed by atoms with Crippen LogP contribution in [-0.4, -0.2) is 24.2 Å². The largest absolute Gasteiger partial charge is 0.334 e. The molecule has 128 valence electrons. The lowest BCUT2D eigenvalue weighted by Gasteiger charge is -2.10. The molecule has 0 saturated carbocycles. The zero-order valence-corrected chi connectivity index (χ0v) is 16.3. The van der Waals surface area contributed by atoms with Crippen molar-refractivity contribution < 1.29 is 8.42 Å². The van der Waals surface area contributed by atoms with Gasteiger partial charge in [-0.25, -0.2) is 13.4 Å². The maximum atomic E-state index is 11.7. The Kier molecular flexibility index (Phi) is 4.92. The number of nitrogens with zero attached hydrogens (tertiary/aromatic N) is 2. The average Bonchev–Trinajstić information content (AvgIpc) is 2.98. The molecule has 0 aliphatic heterocycles. The van der Waals surface area contributed by atoms with Gasteiger partial charge in [0.25, 0.3) is 0 Å². The quantitative estimate of drug-likeness (QED) is 0.599. The molecule has 25 heavy (non-hydrogen) atoms. The zero-order valence-electron chi connectivity index (χ0n) is 13.8. The second-order valence-corrected chi connectivity index (χ2v) is 8.70. The number of halogens is 1. The van der Waals surface area contributed by atoms with Gasteiger partial charge >= 0.3 is 0 Å². The van der Waals surface area contributed by atoms with Gasteiger partial charge in [0, 0.05) is 35.7 Å². The Morgan fingerprint density at radius 2 is 1.88 bits per heavy atom. The molecule has 0 unspecified atom stereocenters. The molecule has 0 spiro atoms. The highest BCUT2D eigenvalue weighted by atomic mass is 79.9. The van der Waals surface area contributed by atoms with Gasteiger partial charge in [-0.2, -0.15) is 0 Å². The van der Waals surface area contributed by atoms with Crippen molar-refractivity contribution in [3.05, 3.63) is 82.3 Å². The SMILES string of the molecule is Cn1ccnc1/C(=C\c1cccc(Br)c1)c1ccc(S(C)(=O)=O)cc1. The number of benzene rings is 2. The van der Waals surface area contributed by atoms with Crippen LogP contribution in [0.25, 0.3) is 11.6 Å². The lowest BCUT2D eigenvalue weighted by Crippen LogP contribution is -2.00. The highest BCUT2D eigenvalue weighted by molar-refractivity contribution is 9.10. The van der Waals surface area contributed by atoms with Crippen molar-refractivity contribution in [2.45, 2.75) is 4.90 Å². The van der Waals surface area contributed by atoms with Gasteiger partial charge in [-0.3, -0.25) is 0 Å². The Hall–Kier alpha value is -2.18. The van der Waals surface area contributed by atoms with Gasteiger partial charge in [-0.1, -0.05) is 40.2 Å². The third-order valence-corrected chi connectivity index (χ3v) is 5.44. The fraction of sp³-hybridized carbons (Fsp3) is 0.105. The van der Waals surface area contributed by atoms with Crippen molar-refractivity contribution in [1.82, 2.24) is 9.55 Å². The molecular formula is C19H17BrN2O2S. The first-order valence-corrected chi connectivity index (χ1v) is 10.3.